The average molecular weight is 514 g/mol. The van der Waals surface area contributed by atoms with Crippen LogP contribution in [0.3, 0.4) is 0 Å². The molecule has 5 rings (SSSR count). The summed E-state index contributed by atoms with van der Waals surface area (Å²) in [6.07, 6.45) is -3.07. The second kappa shape index (κ2) is 10.0. The largest absolute Gasteiger partial charge is 0.418 e. The van der Waals surface area contributed by atoms with E-state index in [2.05, 4.69) is 15.2 Å². The lowest BCUT2D eigenvalue weighted by atomic mass is 10.0. The number of fused-ring (bicyclic) bond motifs is 1. The number of morpholine rings is 1. The van der Waals surface area contributed by atoms with Crippen molar-refractivity contribution in [1.29, 1.82) is 0 Å². The van der Waals surface area contributed by atoms with E-state index in [4.69, 9.17) is 26.3 Å². The van der Waals surface area contributed by atoms with E-state index in [9.17, 15) is 13.2 Å². The summed E-state index contributed by atoms with van der Waals surface area (Å²) in [6.45, 7) is 4.60. The van der Waals surface area contributed by atoms with Crippen LogP contribution in [0.1, 0.15) is 18.3 Å². The van der Waals surface area contributed by atoms with Gasteiger partial charge >= 0.3 is 6.18 Å². The molecule has 0 saturated carbocycles. The van der Waals surface area contributed by atoms with Gasteiger partial charge < -0.3 is 10.1 Å². The van der Waals surface area contributed by atoms with Gasteiger partial charge in [0.15, 0.2) is 0 Å². The van der Waals surface area contributed by atoms with Crippen LogP contribution in [-0.2, 0) is 17.5 Å². The number of nitrogens with one attached hydrogen (secondary N) is 1. The van der Waals surface area contributed by atoms with E-state index >= 15 is 0 Å². The Bertz CT molecular complexity index is 1380. The quantitative estimate of drug-likeness (QED) is 0.336. The number of ether oxygens (including phenoxy) is 1. The highest BCUT2D eigenvalue weighted by atomic mass is 35.5. The van der Waals surface area contributed by atoms with Gasteiger partial charge in [0.25, 0.3) is 0 Å². The van der Waals surface area contributed by atoms with Crippen LogP contribution in [-0.4, -0.2) is 45.7 Å². The second-order valence-corrected chi connectivity index (χ2v) is 9.10. The summed E-state index contributed by atoms with van der Waals surface area (Å²) in [5, 5.41) is 4.59. The molecule has 1 aliphatic heterocycles. The van der Waals surface area contributed by atoms with Crippen molar-refractivity contribution in [1.82, 2.24) is 19.9 Å². The molecule has 2 aromatic heterocycles. The van der Waals surface area contributed by atoms with E-state index in [1.165, 1.54) is 12.3 Å². The topological polar surface area (TPSA) is 63.2 Å². The smallest absolute Gasteiger partial charge is 0.376 e. The molecule has 1 saturated heterocycles. The molecule has 2 aromatic carbocycles. The highest BCUT2D eigenvalue weighted by Gasteiger charge is 2.34. The van der Waals surface area contributed by atoms with Crippen molar-refractivity contribution < 1.29 is 17.9 Å². The summed E-state index contributed by atoms with van der Waals surface area (Å²) < 4.78 is 46.5. The molecule has 0 spiro atoms. The molecule has 4 aromatic rings. The lowest BCUT2D eigenvalue weighted by molar-refractivity contribution is -0.137. The third-order valence-corrected chi connectivity index (χ3v) is 6.18. The minimum atomic E-state index is -4.52. The summed E-state index contributed by atoms with van der Waals surface area (Å²) in [4.78, 5) is 15.7. The van der Waals surface area contributed by atoms with Crippen LogP contribution in [0.15, 0.2) is 60.8 Å². The molecule has 1 N–H and O–H groups in total. The Balaban J connectivity index is 1.59. The van der Waals surface area contributed by atoms with Gasteiger partial charge in [-0.05, 0) is 55.5 Å². The van der Waals surface area contributed by atoms with Crippen molar-refractivity contribution in [2.75, 3.05) is 25.0 Å². The van der Waals surface area contributed by atoms with Crippen molar-refractivity contribution in [3.05, 3.63) is 77.2 Å². The first-order valence-corrected chi connectivity index (χ1v) is 11.8. The zero-order valence-corrected chi connectivity index (χ0v) is 20.1. The maximum absolute atomic E-state index is 13.6. The van der Waals surface area contributed by atoms with E-state index in [1.54, 1.807) is 30.3 Å². The van der Waals surface area contributed by atoms with Gasteiger partial charge in [0.1, 0.15) is 11.6 Å². The van der Waals surface area contributed by atoms with Crippen molar-refractivity contribution in [2.24, 2.45) is 0 Å². The van der Waals surface area contributed by atoms with Gasteiger partial charge in [-0.2, -0.15) is 13.2 Å². The predicted octanol–water partition coefficient (Wildman–Crippen LogP) is 6.33. The van der Waals surface area contributed by atoms with E-state index in [-0.39, 0.29) is 11.8 Å². The van der Waals surface area contributed by atoms with Crippen LogP contribution in [0.4, 0.5) is 24.7 Å². The first-order chi connectivity index (χ1) is 17.3. The van der Waals surface area contributed by atoms with Crippen LogP contribution in [0.25, 0.3) is 22.2 Å². The fourth-order valence-corrected chi connectivity index (χ4v) is 4.39. The summed E-state index contributed by atoms with van der Waals surface area (Å²) in [6, 6.07) is 14.5. The Morgan fingerprint density at radius 1 is 1.11 bits per heavy atom. The Morgan fingerprint density at radius 3 is 2.67 bits per heavy atom. The maximum Gasteiger partial charge on any atom is 0.418 e. The van der Waals surface area contributed by atoms with Gasteiger partial charge in [-0.1, -0.05) is 17.7 Å². The molecular weight excluding hydrogens is 491 g/mol. The third-order valence-electron chi connectivity index (χ3n) is 5.93. The Kier molecular flexibility index (Phi) is 6.79. The monoisotopic (exact) mass is 513 g/mol. The second-order valence-electron chi connectivity index (χ2n) is 8.67. The minimum absolute atomic E-state index is 0.0995. The Hall–Kier alpha value is -3.27. The zero-order chi connectivity index (χ0) is 25.3. The number of anilines is 2. The number of aromatic nitrogens is 3. The number of alkyl halides is 3. The van der Waals surface area contributed by atoms with Crippen LogP contribution in [0.2, 0.25) is 5.02 Å². The van der Waals surface area contributed by atoms with E-state index in [0.717, 1.165) is 24.8 Å². The molecular formula is C26H23ClF3N5O. The summed E-state index contributed by atoms with van der Waals surface area (Å²) in [7, 11) is 0. The first kappa shape index (κ1) is 24.4. The minimum Gasteiger partial charge on any atom is -0.376 e. The van der Waals surface area contributed by atoms with Gasteiger partial charge in [0.2, 0.25) is 0 Å². The van der Waals surface area contributed by atoms with Crippen LogP contribution in [0.5, 0.6) is 0 Å². The highest BCUT2D eigenvalue weighted by molar-refractivity contribution is 6.30. The SMILES string of the molecule is C[C@@H]1CN(Cc2nc(Nc3ccc(Cl)cc3)c3ccc(-c4ncccc4C(F)(F)F)cc3n2)CCO1. The molecule has 0 bridgehead atoms. The number of hydrogen-bond acceptors (Lipinski definition) is 6. The number of halogens is 4. The van der Waals surface area contributed by atoms with E-state index in [0.29, 0.717) is 46.3 Å². The lowest BCUT2D eigenvalue weighted by Gasteiger charge is -2.30. The molecule has 10 heteroatoms. The summed E-state index contributed by atoms with van der Waals surface area (Å²) in [5.74, 6) is 1.12. The molecule has 0 radical (unpaired) electrons. The molecule has 1 aliphatic rings. The number of nitrogens with zero attached hydrogens (tertiary/aromatic N) is 4. The normalized spacial score (nSPS) is 16.9. The molecule has 0 amide bonds. The number of benzene rings is 2. The fraction of sp³-hybridized carbons (Fsp3) is 0.269. The van der Waals surface area contributed by atoms with Gasteiger partial charge in [-0.25, -0.2) is 9.97 Å². The van der Waals surface area contributed by atoms with Gasteiger partial charge in [-0.3, -0.25) is 9.88 Å². The predicted molar refractivity (Wildman–Crippen MR) is 133 cm³/mol. The van der Waals surface area contributed by atoms with Crippen molar-refractivity contribution in [2.45, 2.75) is 25.7 Å². The molecule has 0 unspecified atom stereocenters. The number of rotatable bonds is 5. The average Bonchev–Trinajstić information content (AvgIpc) is 2.84. The zero-order valence-electron chi connectivity index (χ0n) is 19.4. The Labute approximate surface area is 211 Å². The lowest BCUT2D eigenvalue weighted by Crippen LogP contribution is -2.40. The van der Waals surface area contributed by atoms with E-state index < -0.39 is 11.7 Å². The van der Waals surface area contributed by atoms with Crippen molar-refractivity contribution in [3.8, 4) is 11.3 Å². The molecule has 36 heavy (non-hydrogen) atoms. The van der Waals surface area contributed by atoms with Crippen molar-refractivity contribution in [3.63, 3.8) is 0 Å². The number of pyridine rings is 1. The molecule has 3 heterocycles. The van der Waals surface area contributed by atoms with Crippen LogP contribution >= 0.6 is 11.6 Å². The summed E-state index contributed by atoms with van der Waals surface area (Å²) >= 11 is 6.02. The Morgan fingerprint density at radius 2 is 1.92 bits per heavy atom. The third kappa shape index (κ3) is 5.43. The maximum atomic E-state index is 13.6. The summed E-state index contributed by atoms with van der Waals surface area (Å²) in [5.41, 5.74) is 0.701. The number of hydrogen-bond donors (Lipinski definition) is 1. The van der Waals surface area contributed by atoms with Crippen LogP contribution < -0.4 is 5.32 Å². The molecule has 1 fully saturated rings. The van der Waals surface area contributed by atoms with E-state index in [1.807, 2.05) is 19.1 Å². The van der Waals surface area contributed by atoms with Gasteiger partial charge in [0, 0.05) is 40.9 Å². The standard InChI is InChI=1S/C26H23ClF3N5O/c1-16-14-35(11-12-36-16)15-23-33-22-13-17(24-21(26(28,29)30)3-2-10-31-24)4-9-20(22)25(34-23)32-19-7-5-18(27)6-8-19/h2-10,13,16H,11-12,14-15H2,1H3,(H,32,33,34)/t16-/m1/s1. The van der Waals surface area contributed by atoms with Crippen molar-refractivity contribution >= 4 is 34.0 Å². The molecule has 0 aliphatic carbocycles. The molecule has 1 atom stereocenters. The fourth-order valence-electron chi connectivity index (χ4n) is 4.26. The van der Waals surface area contributed by atoms with Gasteiger partial charge in [0.05, 0.1) is 36.0 Å². The first-order valence-electron chi connectivity index (χ1n) is 11.5. The molecule has 6 nitrogen and oxygen atoms in total. The van der Waals surface area contributed by atoms with Crippen LogP contribution in [0, 0.1) is 0 Å². The molecule has 186 valence electrons. The highest BCUT2D eigenvalue weighted by Crippen LogP contribution is 2.37. The van der Waals surface area contributed by atoms with Gasteiger partial charge in [-0.15, -0.1) is 0 Å².